The minimum Gasteiger partial charge on any atom is -0.390 e. The number of anilines is 1. The molecule has 3 aromatic rings. The van der Waals surface area contributed by atoms with E-state index in [2.05, 4.69) is 16.0 Å². The molecule has 0 bridgehead atoms. The summed E-state index contributed by atoms with van der Waals surface area (Å²) in [4.78, 5) is 7.81. The summed E-state index contributed by atoms with van der Waals surface area (Å²) in [6.07, 6.45) is 0. The minimum absolute atomic E-state index is 0.0590. The highest BCUT2D eigenvalue weighted by atomic mass is 35.5. The molecule has 0 aliphatic carbocycles. The average Bonchev–Trinajstić information content (AvgIpc) is 2.91. The average molecular weight is 319 g/mol. The van der Waals surface area contributed by atoms with E-state index in [0.717, 1.165) is 27.5 Å². The highest BCUT2D eigenvalue weighted by Gasteiger charge is 2.10. The fraction of sp³-hybridized carbons (Fsp3) is 0.188. The van der Waals surface area contributed by atoms with Crippen LogP contribution in [0.2, 0.25) is 4.34 Å². The molecule has 0 amide bonds. The Morgan fingerprint density at radius 3 is 2.76 bits per heavy atom. The number of hydrogen-bond donors (Lipinski definition) is 1. The first kappa shape index (κ1) is 14.3. The molecule has 2 heterocycles. The minimum atomic E-state index is -0.0590. The number of rotatable bonds is 4. The predicted molar refractivity (Wildman–Crippen MR) is 89.1 cm³/mol. The maximum absolute atomic E-state index is 9.40. The van der Waals surface area contributed by atoms with Gasteiger partial charge in [-0.1, -0.05) is 29.8 Å². The van der Waals surface area contributed by atoms with E-state index in [1.165, 1.54) is 4.88 Å². The second kappa shape index (κ2) is 6.02. The van der Waals surface area contributed by atoms with Crippen LogP contribution in [0.3, 0.4) is 0 Å². The van der Waals surface area contributed by atoms with Crippen LogP contribution >= 0.6 is 22.9 Å². The third-order valence-corrected chi connectivity index (χ3v) is 4.56. The number of fused-ring (bicyclic) bond motifs is 1. The molecule has 0 saturated carbocycles. The Morgan fingerprint density at radius 1 is 1.24 bits per heavy atom. The van der Waals surface area contributed by atoms with E-state index in [1.807, 2.05) is 43.4 Å². The number of benzene rings is 1. The van der Waals surface area contributed by atoms with Gasteiger partial charge in [0.1, 0.15) is 0 Å². The molecule has 21 heavy (non-hydrogen) atoms. The molecule has 108 valence electrons. The van der Waals surface area contributed by atoms with Crippen LogP contribution in [0.15, 0.2) is 42.5 Å². The second-order valence-corrected chi connectivity index (χ2v) is 6.67. The lowest BCUT2D eigenvalue weighted by Gasteiger charge is -2.21. The van der Waals surface area contributed by atoms with Crippen molar-refractivity contribution in [3.05, 3.63) is 57.4 Å². The van der Waals surface area contributed by atoms with Gasteiger partial charge in [0.05, 0.1) is 28.7 Å². The van der Waals surface area contributed by atoms with Crippen LogP contribution in [0.25, 0.3) is 10.9 Å². The number of thiophene rings is 1. The van der Waals surface area contributed by atoms with Gasteiger partial charge in [-0.05, 0) is 24.3 Å². The van der Waals surface area contributed by atoms with Crippen molar-refractivity contribution in [2.24, 2.45) is 0 Å². The van der Waals surface area contributed by atoms with Crippen molar-refractivity contribution in [2.45, 2.75) is 13.2 Å². The molecule has 0 aliphatic heterocycles. The lowest BCUT2D eigenvalue weighted by atomic mass is 10.1. The summed E-state index contributed by atoms with van der Waals surface area (Å²) in [5.41, 5.74) is 2.64. The van der Waals surface area contributed by atoms with E-state index in [0.29, 0.717) is 5.69 Å². The van der Waals surface area contributed by atoms with Gasteiger partial charge in [-0.2, -0.15) is 0 Å². The molecule has 1 aromatic carbocycles. The molecule has 1 N–H and O–H groups in total. The first-order valence-corrected chi connectivity index (χ1v) is 7.81. The fourth-order valence-electron chi connectivity index (χ4n) is 2.36. The molecule has 0 saturated heterocycles. The third-order valence-electron chi connectivity index (χ3n) is 3.34. The van der Waals surface area contributed by atoms with Crippen molar-refractivity contribution in [2.75, 3.05) is 11.9 Å². The summed E-state index contributed by atoms with van der Waals surface area (Å²) in [7, 11) is 2.04. The van der Waals surface area contributed by atoms with Gasteiger partial charge in [0.2, 0.25) is 0 Å². The van der Waals surface area contributed by atoms with Crippen LogP contribution < -0.4 is 4.90 Å². The summed E-state index contributed by atoms with van der Waals surface area (Å²) in [6, 6.07) is 13.9. The van der Waals surface area contributed by atoms with Crippen molar-refractivity contribution in [1.29, 1.82) is 0 Å². The predicted octanol–water partition coefficient (Wildman–Crippen LogP) is 4.08. The van der Waals surface area contributed by atoms with Crippen molar-refractivity contribution >= 4 is 39.5 Å². The number of para-hydroxylation sites is 1. The van der Waals surface area contributed by atoms with Gasteiger partial charge < -0.3 is 10.0 Å². The lowest BCUT2D eigenvalue weighted by Crippen LogP contribution is -2.16. The molecular formula is C16H15ClN2OS. The van der Waals surface area contributed by atoms with Crippen molar-refractivity contribution in [1.82, 2.24) is 4.98 Å². The van der Waals surface area contributed by atoms with Crippen LogP contribution in [0.4, 0.5) is 5.69 Å². The Balaban J connectivity index is 2.01. The van der Waals surface area contributed by atoms with Gasteiger partial charge in [-0.25, -0.2) is 0 Å². The second-order valence-electron chi connectivity index (χ2n) is 4.87. The van der Waals surface area contributed by atoms with Crippen LogP contribution in [0, 0.1) is 0 Å². The van der Waals surface area contributed by atoms with Crippen molar-refractivity contribution in [3.8, 4) is 0 Å². The molecule has 3 rings (SSSR count). The normalized spacial score (nSPS) is 11.0. The maximum atomic E-state index is 9.40. The first-order chi connectivity index (χ1) is 10.2. The number of aliphatic hydroxyl groups is 1. The zero-order valence-electron chi connectivity index (χ0n) is 11.6. The summed E-state index contributed by atoms with van der Waals surface area (Å²) in [5, 5.41) is 10.5. The van der Waals surface area contributed by atoms with Gasteiger partial charge >= 0.3 is 0 Å². The molecule has 0 aliphatic rings. The fourth-order valence-corrected chi connectivity index (χ4v) is 3.50. The quantitative estimate of drug-likeness (QED) is 0.787. The van der Waals surface area contributed by atoms with Gasteiger partial charge in [0.25, 0.3) is 0 Å². The number of halogens is 1. The zero-order valence-corrected chi connectivity index (χ0v) is 13.2. The number of pyridine rings is 1. The molecular weight excluding hydrogens is 304 g/mol. The maximum Gasteiger partial charge on any atom is 0.0931 e. The van der Waals surface area contributed by atoms with E-state index >= 15 is 0 Å². The van der Waals surface area contributed by atoms with Gasteiger partial charge in [0, 0.05) is 23.0 Å². The molecule has 0 spiro atoms. The van der Waals surface area contributed by atoms with Crippen LogP contribution in [-0.4, -0.2) is 17.1 Å². The zero-order chi connectivity index (χ0) is 14.8. The molecule has 3 nitrogen and oxygen atoms in total. The lowest BCUT2D eigenvalue weighted by molar-refractivity contribution is 0.277. The Labute approximate surface area is 132 Å². The highest BCUT2D eigenvalue weighted by molar-refractivity contribution is 7.16. The van der Waals surface area contributed by atoms with E-state index in [-0.39, 0.29) is 6.61 Å². The first-order valence-electron chi connectivity index (χ1n) is 6.62. The largest absolute Gasteiger partial charge is 0.390 e. The summed E-state index contributed by atoms with van der Waals surface area (Å²) >= 11 is 7.57. The van der Waals surface area contributed by atoms with Crippen molar-refractivity contribution < 1.29 is 5.11 Å². The molecule has 5 heteroatoms. The highest BCUT2D eigenvalue weighted by Crippen LogP contribution is 2.29. The standard InChI is InChI=1S/C16H15ClN2OS/c1-19(9-12-6-7-16(17)21-12)15-8-11(10-20)18-14-5-3-2-4-13(14)15/h2-8,20H,9-10H2,1H3. The molecule has 0 radical (unpaired) electrons. The van der Waals surface area contributed by atoms with E-state index < -0.39 is 0 Å². The smallest absolute Gasteiger partial charge is 0.0931 e. The van der Waals surface area contributed by atoms with Crippen molar-refractivity contribution in [3.63, 3.8) is 0 Å². The summed E-state index contributed by atoms with van der Waals surface area (Å²) < 4.78 is 0.800. The monoisotopic (exact) mass is 318 g/mol. The molecule has 0 unspecified atom stereocenters. The third kappa shape index (κ3) is 3.02. The van der Waals surface area contributed by atoms with E-state index in [4.69, 9.17) is 11.6 Å². The summed E-state index contributed by atoms with van der Waals surface area (Å²) in [6.45, 7) is 0.715. The Hall–Kier alpha value is -1.62. The van der Waals surface area contributed by atoms with Crippen LogP contribution in [-0.2, 0) is 13.2 Å². The van der Waals surface area contributed by atoms with Gasteiger partial charge in [-0.15, -0.1) is 11.3 Å². The molecule has 0 atom stereocenters. The summed E-state index contributed by atoms with van der Waals surface area (Å²) in [5.74, 6) is 0. The Kier molecular flexibility index (Phi) is 4.10. The number of hydrogen-bond acceptors (Lipinski definition) is 4. The SMILES string of the molecule is CN(Cc1ccc(Cl)s1)c1cc(CO)nc2ccccc12. The Bertz CT molecular complexity index is 772. The number of aromatic nitrogens is 1. The van der Waals surface area contributed by atoms with Gasteiger partial charge in [-0.3, -0.25) is 4.98 Å². The van der Waals surface area contributed by atoms with Crippen LogP contribution in [0.1, 0.15) is 10.6 Å². The van der Waals surface area contributed by atoms with E-state index in [1.54, 1.807) is 11.3 Å². The Morgan fingerprint density at radius 2 is 2.05 bits per heavy atom. The number of aliphatic hydroxyl groups excluding tert-OH is 1. The molecule has 0 fully saturated rings. The van der Waals surface area contributed by atoms with E-state index in [9.17, 15) is 5.11 Å². The number of nitrogens with zero attached hydrogens (tertiary/aromatic N) is 2. The molecule has 2 aromatic heterocycles. The topological polar surface area (TPSA) is 36.4 Å². The van der Waals surface area contributed by atoms with Gasteiger partial charge in [0.15, 0.2) is 0 Å². The van der Waals surface area contributed by atoms with Crippen LogP contribution in [0.5, 0.6) is 0 Å².